The zero-order valence-corrected chi connectivity index (χ0v) is 10.3. The maximum atomic E-state index is 11.4. The molecule has 0 heterocycles. The Bertz CT molecular complexity index is 494. The fourth-order valence-electron chi connectivity index (χ4n) is 1.52. The van der Waals surface area contributed by atoms with Crippen molar-refractivity contribution < 1.29 is 19.4 Å². The lowest BCUT2D eigenvalue weighted by molar-refractivity contribution is 0.0697. The van der Waals surface area contributed by atoms with Crippen LogP contribution >= 0.6 is 0 Å². The Hall–Kier alpha value is -2.30. The minimum absolute atomic E-state index is 0.0686. The largest absolute Gasteiger partial charge is 0.478 e. The van der Waals surface area contributed by atoms with Crippen LogP contribution in [0.2, 0.25) is 0 Å². The quantitative estimate of drug-likeness (QED) is 0.804. The van der Waals surface area contributed by atoms with Crippen molar-refractivity contribution in [3.63, 3.8) is 0 Å². The first kappa shape index (κ1) is 13.8. The molecular formula is C13H15NO4. The Labute approximate surface area is 105 Å². The minimum Gasteiger partial charge on any atom is -0.478 e. The lowest BCUT2D eigenvalue weighted by Gasteiger charge is -2.13. The topological polar surface area (TPSA) is 75.6 Å². The number of anilines is 1. The van der Waals surface area contributed by atoms with E-state index in [2.05, 4.69) is 11.9 Å². The smallest absolute Gasteiger partial charge is 0.411 e. The monoisotopic (exact) mass is 249 g/mol. The highest BCUT2D eigenvalue weighted by Crippen LogP contribution is 2.24. The zero-order valence-electron chi connectivity index (χ0n) is 10.3. The predicted molar refractivity (Wildman–Crippen MR) is 68.0 cm³/mol. The summed E-state index contributed by atoms with van der Waals surface area (Å²) in [5.74, 6) is -1.09. The van der Waals surface area contributed by atoms with E-state index in [0.717, 1.165) is 0 Å². The number of carbonyl (C=O) groups excluding carboxylic acids is 1. The summed E-state index contributed by atoms with van der Waals surface area (Å²) in [6.07, 6.45) is 0.729. The number of nitrogens with one attached hydrogen (secondary N) is 1. The molecule has 0 spiro atoms. The number of carbonyl (C=O) groups is 2. The van der Waals surface area contributed by atoms with Gasteiger partial charge in [-0.3, -0.25) is 5.32 Å². The molecule has 96 valence electrons. The van der Waals surface area contributed by atoms with Gasteiger partial charge in [-0.05, 0) is 25.0 Å². The molecule has 18 heavy (non-hydrogen) atoms. The van der Waals surface area contributed by atoms with Crippen molar-refractivity contribution in [2.75, 3.05) is 11.9 Å². The average molecular weight is 249 g/mol. The fraction of sp³-hybridized carbons (Fsp3) is 0.231. The van der Waals surface area contributed by atoms with Crippen molar-refractivity contribution in [3.05, 3.63) is 41.5 Å². The number of amides is 1. The molecule has 5 nitrogen and oxygen atoms in total. The minimum atomic E-state index is -1.09. The Morgan fingerprint density at radius 1 is 1.39 bits per heavy atom. The van der Waals surface area contributed by atoms with Gasteiger partial charge >= 0.3 is 12.1 Å². The van der Waals surface area contributed by atoms with Gasteiger partial charge in [0, 0.05) is 0 Å². The second-order valence-corrected chi connectivity index (χ2v) is 3.77. The molecule has 0 radical (unpaired) electrons. The predicted octanol–water partition coefficient (Wildman–Crippen LogP) is 2.74. The molecule has 0 atom stereocenters. The first-order valence-electron chi connectivity index (χ1n) is 5.35. The van der Waals surface area contributed by atoms with Crippen molar-refractivity contribution in [2.45, 2.75) is 13.8 Å². The van der Waals surface area contributed by atoms with Crippen molar-refractivity contribution in [1.29, 1.82) is 0 Å². The van der Waals surface area contributed by atoms with Crippen molar-refractivity contribution in [2.24, 2.45) is 0 Å². The summed E-state index contributed by atoms with van der Waals surface area (Å²) in [6.45, 7) is 6.87. The van der Waals surface area contributed by atoms with Gasteiger partial charge in [-0.2, -0.15) is 0 Å². The van der Waals surface area contributed by atoms with Crippen LogP contribution in [-0.4, -0.2) is 23.8 Å². The van der Waals surface area contributed by atoms with Crippen LogP contribution in [0.25, 0.3) is 0 Å². The summed E-state index contributed by atoms with van der Waals surface area (Å²) in [4.78, 5) is 22.6. The van der Waals surface area contributed by atoms with Gasteiger partial charge in [-0.25, -0.2) is 9.59 Å². The van der Waals surface area contributed by atoms with Crippen LogP contribution < -0.4 is 5.32 Å². The molecule has 5 heteroatoms. The molecule has 1 rings (SSSR count). The van der Waals surface area contributed by atoms with E-state index in [1.165, 1.54) is 6.08 Å². The lowest BCUT2D eigenvalue weighted by atomic mass is 10.0. The third-order valence-electron chi connectivity index (χ3n) is 2.40. The third kappa shape index (κ3) is 3.10. The van der Waals surface area contributed by atoms with Gasteiger partial charge in [0.05, 0.1) is 11.3 Å². The van der Waals surface area contributed by atoms with Gasteiger partial charge in [0.25, 0.3) is 0 Å². The van der Waals surface area contributed by atoms with E-state index in [-0.39, 0.29) is 17.9 Å². The van der Waals surface area contributed by atoms with E-state index >= 15 is 0 Å². The summed E-state index contributed by atoms with van der Waals surface area (Å²) in [5.41, 5.74) is 1.57. The molecule has 1 amide bonds. The number of ether oxygens (including phenoxy) is 1. The van der Waals surface area contributed by atoms with Crippen LogP contribution in [0.15, 0.2) is 24.8 Å². The first-order valence-corrected chi connectivity index (χ1v) is 5.35. The number of rotatable bonds is 4. The Morgan fingerprint density at radius 2 is 2.00 bits per heavy atom. The Morgan fingerprint density at radius 3 is 2.56 bits per heavy atom. The average Bonchev–Trinajstić information content (AvgIpc) is 2.30. The number of benzene rings is 1. The molecule has 0 saturated heterocycles. The summed E-state index contributed by atoms with van der Waals surface area (Å²) in [5, 5.41) is 11.6. The van der Waals surface area contributed by atoms with E-state index in [1.54, 1.807) is 26.0 Å². The molecule has 0 saturated carbocycles. The van der Waals surface area contributed by atoms with Gasteiger partial charge in [0.2, 0.25) is 0 Å². The number of aryl methyl sites for hydroxylation is 2. The molecule has 0 fully saturated rings. The van der Waals surface area contributed by atoms with Gasteiger partial charge in [0.15, 0.2) is 0 Å². The Kier molecular flexibility index (Phi) is 4.48. The van der Waals surface area contributed by atoms with E-state index in [9.17, 15) is 9.59 Å². The molecule has 0 aliphatic carbocycles. The molecule has 0 unspecified atom stereocenters. The highest BCUT2D eigenvalue weighted by molar-refractivity contribution is 6.01. The second-order valence-electron chi connectivity index (χ2n) is 3.77. The van der Waals surface area contributed by atoms with Crippen LogP contribution in [0.4, 0.5) is 10.5 Å². The molecule has 0 aromatic heterocycles. The summed E-state index contributed by atoms with van der Waals surface area (Å²) >= 11 is 0. The molecule has 0 aliphatic rings. The van der Waals surface area contributed by atoms with Gasteiger partial charge in [-0.1, -0.05) is 24.8 Å². The van der Waals surface area contributed by atoms with Crippen LogP contribution in [0.1, 0.15) is 21.5 Å². The standard InChI is InChI=1S/C13H15NO4/c1-4-7-18-13(17)14-11-9(3)6-5-8(2)10(11)12(15)16/h4-6H,1,7H2,2-3H3,(H,14,17)(H,15,16). The molecule has 2 N–H and O–H groups in total. The number of carboxylic acids is 1. The molecular weight excluding hydrogens is 234 g/mol. The van der Waals surface area contributed by atoms with Gasteiger partial charge in [-0.15, -0.1) is 0 Å². The highest BCUT2D eigenvalue weighted by Gasteiger charge is 2.17. The van der Waals surface area contributed by atoms with Crippen LogP contribution in [-0.2, 0) is 4.74 Å². The maximum Gasteiger partial charge on any atom is 0.411 e. The van der Waals surface area contributed by atoms with E-state index < -0.39 is 12.1 Å². The molecule has 0 bridgehead atoms. The number of aromatic carboxylic acids is 1. The molecule has 0 aliphatic heterocycles. The zero-order chi connectivity index (χ0) is 13.7. The molecule has 1 aromatic rings. The van der Waals surface area contributed by atoms with E-state index in [1.807, 2.05) is 0 Å². The highest BCUT2D eigenvalue weighted by atomic mass is 16.5. The van der Waals surface area contributed by atoms with Crippen LogP contribution in [0.5, 0.6) is 0 Å². The van der Waals surface area contributed by atoms with Crippen LogP contribution in [0, 0.1) is 13.8 Å². The van der Waals surface area contributed by atoms with Crippen molar-refractivity contribution in [1.82, 2.24) is 0 Å². The van der Waals surface area contributed by atoms with Crippen LogP contribution in [0.3, 0.4) is 0 Å². The Balaban J connectivity index is 3.07. The summed E-state index contributed by atoms with van der Waals surface area (Å²) in [7, 11) is 0. The first-order chi connectivity index (χ1) is 8.47. The van der Waals surface area contributed by atoms with Crippen molar-refractivity contribution in [3.8, 4) is 0 Å². The second kappa shape index (κ2) is 5.86. The number of carboxylic acid groups (broad SMARTS) is 1. The van der Waals surface area contributed by atoms with Crippen molar-refractivity contribution >= 4 is 17.7 Å². The SMILES string of the molecule is C=CCOC(=O)Nc1c(C)ccc(C)c1C(=O)O. The maximum absolute atomic E-state index is 11.4. The van der Waals surface area contributed by atoms with E-state index in [4.69, 9.17) is 9.84 Å². The third-order valence-corrected chi connectivity index (χ3v) is 2.40. The molecule has 1 aromatic carbocycles. The fourth-order valence-corrected chi connectivity index (χ4v) is 1.52. The summed E-state index contributed by atoms with van der Waals surface area (Å²) < 4.78 is 4.76. The van der Waals surface area contributed by atoms with E-state index in [0.29, 0.717) is 11.1 Å². The number of hydrogen-bond donors (Lipinski definition) is 2. The summed E-state index contributed by atoms with van der Waals surface area (Å²) in [6, 6.07) is 3.43. The number of hydrogen-bond acceptors (Lipinski definition) is 3. The lowest BCUT2D eigenvalue weighted by Crippen LogP contribution is -2.17. The van der Waals surface area contributed by atoms with Gasteiger partial charge in [0.1, 0.15) is 6.61 Å². The van der Waals surface area contributed by atoms with Gasteiger partial charge < -0.3 is 9.84 Å². The normalized spacial score (nSPS) is 9.67.